The minimum absolute atomic E-state index is 0.0869. The Bertz CT molecular complexity index is 384. The quantitative estimate of drug-likeness (QED) is 0.777. The topological polar surface area (TPSA) is 75.8 Å². The van der Waals surface area contributed by atoms with Crippen molar-refractivity contribution >= 4 is 5.91 Å². The van der Waals surface area contributed by atoms with E-state index in [0.717, 1.165) is 4.90 Å². The standard InChI is InChI=1S/C10H14F2N2O4/c1-17-6-7-4-8(13-18-7)10(16)14(2-3-15)5-9(11)12/h4,9,15H,2-3,5-6H2,1H3. The molecule has 18 heavy (non-hydrogen) atoms. The lowest BCUT2D eigenvalue weighted by molar-refractivity contribution is 0.0500. The number of halogens is 2. The van der Waals surface area contributed by atoms with Gasteiger partial charge in [-0.1, -0.05) is 5.16 Å². The smallest absolute Gasteiger partial charge is 0.276 e. The first-order valence-electron chi connectivity index (χ1n) is 5.21. The van der Waals surface area contributed by atoms with E-state index in [4.69, 9.17) is 14.4 Å². The monoisotopic (exact) mass is 264 g/mol. The van der Waals surface area contributed by atoms with Gasteiger partial charge in [0.05, 0.1) is 13.2 Å². The van der Waals surface area contributed by atoms with Gasteiger partial charge in [-0.15, -0.1) is 0 Å². The minimum Gasteiger partial charge on any atom is -0.395 e. The van der Waals surface area contributed by atoms with Crippen LogP contribution in [0.3, 0.4) is 0 Å². The van der Waals surface area contributed by atoms with Crippen molar-refractivity contribution in [1.82, 2.24) is 10.1 Å². The van der Waals surface area contributed by atoms with Gasteiger partial charge in [0.1, 0.15) is 6.61 Å². The third-order valence-corrected chi connectivity index (χ3v) is 2.08. The third kappa shape index (κ3) is 4.04. The van der Waals surface area contributed by atoms with Gasteiger partial charge in [0, 0.05) is 19.7 Å². The van der Waals surface area contributed by atoms with Crippen molar-refractivity contribution < 1.29 is 27.9 Å². The predicted octanol–water partition coefficient (Wildman–Crippen LogP) is 0.521. The highest BCUT2D eigenvalue weighted by Gasteiger charge is 2.22. The molecule has 102 valence electrons. The van der Waals surface area contributed by atoms with E-state index >= 15 is 0 Å². The molecule has 0 spiro atoms. The first-order valence-corrected chi connectivity index (χ1v) is 5.21. The van der Waals surface area contributed by atoms with Gasteiger partial charge in [0.2, 0.25) is 0 Å². The van der Waals surface area contributed by atoms with Crippen LogP contribution in [-0.4, -0.2) is 54.3 Å². The lowest BCUT2D eigenvalue weighted by Crippen LogP contribution is -2.37. The molecule has 0 aliphatic heterocycles. The first-order chi connectivity index (χ1) is 8.58. The molecule has 0 aliphatic carbocycles. The highest BCUT2D eigenvalue weighted by Crippen LogP contribution is 2.09. The van der Waals surface area contributed by atoms with Gasteiger partial charge in [0.25, 0.3) is 12.3 Å². The number of hydrogen-bond acceptors (Lipinski definition) is 5. The van der Waals surface area contributed by atoms with Crippen LogP contribution in [0.2, 0.25) is 0 Å². The van der Waals surface area contributed by atoms with Crippen molar-refractivity contribution in [3.05, 3.63) is 17.5 Å². The van der Waals surface area contributed by atoms with E-state index in [1.54, 1.807) is 0 Å². The SMILES string of the molecule is COCc1cc(C(=O)N(CCO)CC(F)F)no1. The molecule has 0 aromatic carbocycles. The Morgan fingerprint density at radius 2 is 2.39 bits per heavy atom. The summed E-state index contributed by atoms with van der Waals surface area (Å²) >= 11 is 0. The van der Waals surface area contributed by atoms with E-state index in [1.807, 2.05) is 0 Å². The molecule has 1 heterocycles. The number of rotatable bonds is 7. The second-order valence-corrected chi connectivity index (χ2v) is 3.48. The van der Waals surface area contributed by atoms with Gasteiger partial charge >= 0.3 is 0 Å². The molecule has 0 saturated heterocycles. The molecule has 1 aromatic heterocycles. The average molecular weight is 264 g/mol. The fraction of sp³-hybridized carbons (Fsp3) is 0.600. The molecule has 8 heteroatoms. The van der Waals surface area contributed by atoms with E-state index in [9.17, 15) is 13.6 Å². The second-order valence-electron chi connectivity index (χ2n) is 3.48. The Hall–Kier alpha value is -1.54. The van der Waals surface area contributed by atoms with Crippen LogP contribution in [0, 0.1) is 0 Å². The van der Waals surface area contributed by atoms with E-state index < -0.39 is 25.5 Å². The molecule has 0 radical (unpaired) electrons. The normalized spacial score (nSPS) is 10.9. The molecule has 6 nitrogen and oxygen atoms in total. The number of alkyl halides is 2. The molecular formula is C10H14F2N2O4. The molecule has 0 atom stereocenters. The van der Waals surface area contributed by atoms with Crippen LogP contribution in [0.5, 0.6) is 0 Å². The van der Waals surface area contributed by atoms with Crippen LogP contribution in [0.25, 0.3) is 0 Å². The summed E-state index contributed by atoms with van der Waals surface area (Å²) in [4.78, 5) is 12.6. The van der Waals surface area contributed by atoms with E-state index in [1.165, 1.54) is 13.2 Å². The maximum atomic E-state index is 12.3. The van der Waals surface area contributed by atoms with Crippen LogP contribution in [0.1, 0.15) is 16.2 Å². The Labute approximate surface area is 102 Å². The summed E-state index contributed by atoms with van der Waals surface area (Å²) in [6, 6.07) is 1.32. The number of carbonyl (C=O) groups excluding carboxylic acids is 1. The lowest BCUT2D eigenvalue weighted by atomic mass is 10.3. The van der Waals surface area contributed by atoms with Crippen LogP contribution in [0.4, 0.5) is 8.78 Å². The highest BCUT2D eigenvalue weighted by atomic mass is 19.3. The number of methoxy groups -OCH3 is 1. The number of nitrogens with zero attached hydrogens (tertiary/aromatic N) is 2. The van der Waals surface area contributed by atoms with Crippen LogP contribution < -0.4 is 0 Å². The van der Waals surface area contributed by atoms with Gasteiger partial charge in [-0.3, -0.25) is 4.79 Å². The Kier molecular flexibility index (Phi) is 5.66. The molecular weight excluding hydrogens is 250 g/mol. The zero-order chi connectivity index (χ0) is 13.5. The molecule has 1 rings (SSSR count). The van der Waals surface area contributed by atoms with Crippen LogP contribution in [0.15, 0.2) is 10.6 Å². The summed E-state index contributed by atoms with van der Waals surface area (Å²) < 4.78 is 34.1. The summed E-state index contributed by atoms with van der Waals surface area (Å²) in [5, 5.41) is 12.2. The van der Waals surface area contributed by atoms with Crippen molar-refractivity contribution in [3.63, 3.8) is 0 Å². The summed E-state index contributed by atoms with van der Waals surface area (Å²) in [5.41, 5.74) is -0.0869. The number of aromatic nitrogens is 1. The number of amides is 1. The van der Waals surface area contributed by atoms with Crippen LogP contribution >= 0.6 is 0 Å². The van der Waals surface area contributed by atoms with Crippen molar-refractivity contribution in [2.24, 2.45) is 0 Å². The lowest BCUT2D eigenvalue weighted by Gasteiger charge is -2.19. The second kappa shape index (κ2) is 7.02. The van der Waals surface area contributed by atoms with Crippen molar-refractivity contribution in [1.29, 1.82) is 0 Å². The maximum Gasteiger partial charge on any atom is 0.276 e. The predicted molar refractivity (Wildman–Crippen MR) is 56.2 cm³/mol. The van der Waals surface area contributed by atoms with Gasteiger partial charge < -0.3 is 19.3 Å². The van der Waals surface area contributed by atoms with Crippen LogP contribution in [-0.2, 0) is 11.3 Å². The number of aliphatic hydroxyl groups excluding tert-OH is 1. The Balaban J connectivity index is 2.74. The van der Waals surface area contributed by atoms with Gasteiger partial charge in [-0.05, 0) is 0 Å². The zero-order valence-corrected chi connectivity index (χ0v) is 9.81. The van der Waals surface area contributed by atoms with Crippen molar-refractivity contribution in [3.8, 4) is 0 Å². The molecule has 0 fully saturated rings. The fourth-order valence-electron chi connectivity index (χ4n) is 1.35. The largest absolute Gasteiger partial charge is 0.395 e. The first kappa shape index (κ1) is 14.5. The maximum absolute atomic E-state index is 12.3. The molecule has 1 N–H and O–H groups in total. The Morgan fingerprint density at radius 3 is 2.94 bits per heavy atom. The molecule has 1 aromatic rings. The molecule has 1 amide bonds. The van der Waals surface area contributed by atoms with Crippen molar-refractivity contribution in [2.45, 2.75) is 13.0 Å². The number of aliphatic hydroxyl groups is 1. The van der Waals surface area contributed by atoms with Gasteiger partial charge in [-0.2, -0.15) is 0 Å². The minimum atomic E-state index is -2.68. The highest BCUT2D eigenvalue weighted by molar-refractivity contribution is 5.92. The van der Waals surface area contributed by atoms with Gasteiger partial charge in [0.15, 0.2) is 11.5 Å². The molecule has 0 bridgehead atoms. The fourth-order valence-corrected chi connectivity index (χ4v) is 1.35. The number of hydrogen-bond donors (Lipinski definition) is 1. The van der Waals surface area contributed by atoms with Crippen molar-refractivity contribution in [2.75, 3.05) is 26.8 Å². The molecule has 0 unspecified atom stereocenters. The number of ether oxygens (including phenoxy) is 1. The molecule has 0 saturated carbocycles. The van der Waals surface area contributed by atoms with E-state index in [2.05, 4.69) is 5.16 Å². The zero-order valence-electron chi connectivity index (χ0n) is 9.81. The summed E-state index contributed by atoms with van der Waals surface area (Å²) in [5.74, 6) is -0.391. The van der Waals surface area contributed by atoms with Gasteiger partial charge in [-0.25, -0.2) is 8.78 Å². The summed E-state index contributed by atoms with van der Waals surface area (Å²) in [7, 11) is 1.44. The van der Waals surface area contributed by atoms with E-state index in [-0.39, 0.29) is 18.8 Å². The number of carbonyl (C=O) groups is 1. The third-order valence-electron chi connectivity index (χ3n) is 2.08. The summed E-state index contributed by atoms with van der Waals surface area (Å²) in [6.07, 6.45) is -2.68. The average Bonchev–Trinajstić information content (AvgIpc) is 2.76. The summed E-state index contributed by atoms with van der Waals surface area (Å²) in [6.45, 7) is -1.21. The Morgan fingerprint density at radius 1 is 1.67 bits per heavy atom. The van der Waals surface area contributed by atoms with E-state index in [0.29, 0.717) is 5.76 Å². The molecule has 0 aliphatic rings.